The molecule has 2 aromatic rings. The summed E-state index contributed by atoms with van der Waals surface area (Å²) in [5, 5.41) is 0. The highest BCUT2D eigenvalue weighted by Gasteiger charge is 2.45. The Morgan fingerprint density at radius 2 is 1.60 bits per heavy atom. The average Bonchev–Trinajstić information content (AvgIpc) is 2.62. The van der Waals surface area contributed by atoms with Crippen LogP contribution in [0.15, 0.2) is 42.5 Å². The molecule has 2 aromatic carbocycles. The lowest BCUT2D eigenvalue weighted by atomic mass is 9.75. The fourth-order valence-corrected chi connectivity index (χ4v) is 3.87. The van der Waals surface area contributed by atoms with Gasteiger partial charge in [-0.25, -0.2) is 0 Å². The Bertz CT molecular complexity index is 669. The second kappa shape index (κ2) is 4.12. The first-order chi connectivity index (χ1) is 9.34. The first-order valence-corrected chi connectivity index (χ1v) is 7.31. The molecule has 1 heteroatoms. The van der Waals surface area contributed by atoms with Crippen LogP contribution in [0.2, 0.25) is 0 Å². The van der Waals surface area contributed by atoms with Crippen LogP contribution in [0.5, 0.6) is 0 Å². The summed E-state index contributed by atoms with van der Waals surface area (Å²) in [6, 6.07) is 15.4. The molecule has 104 valence electrons. The first kappa shape index (κ1) is 13.2. The average molecular weight is 265 g/mol. The van der Waals surface area contributed by atoms with Crippen LogP contribution in [0.4, 0.5) is 5.69 Å². The maximum atomic E-state index is 6.13. The Kier molecular flexibility index (Phi) is 2.72. The van der Waals surface area contributed by atoms with E-state index >= 15 is 0 Å². The van der Waals surface area contributed by atoms with E-state index in [4.69, 9.17) is 5.73 Å². The Labute approximate surface area is 121 Å². The molecule has 1 nitrogen and oxygen atoms in total. The molecule has 0 saturated carbocycles. The number of nitrogen functional groups attached to an aromatic ring is 1. The molecule has 1 atom stereocenters. The molecular formula is C19H23N. The molecule has 1 aliphatic carbocycles. The highest BCUT2D eigenvalue weighted by Crippen LogP contribution is 2.52. The van der Waals surface area contributed by atoms with Gasteiger partial charge in [0.05, 0.1) is 0 Å². The summed E-state index contributed by atoms with van der Waals surface area (Å²) < 4.78 is 0. The molecule has 0 saturated heterocycles. The standard InChI is InChI=1S/C19H23N/c1-13-9-10-14(11-17(13)20)19(4)12-18(2,3)15-7-5-6-8-16(15)19/h5-11H,12,20H2,1-4H3. The van der Waals surface area contributed by atoms with Crippen molar-refractivity contribution in [1.29, 1.82) is 0 Å². The van der Waals surface area contributed by atoms with Crippen LogP contribution >= 0.6 is 0 Å². The third-order valence-corrected chi connectivity index (χ3v) is 4.96. The predicted octanol–water partition coefficient (Wildman–Crippen LogP) is 4.56. The summed E-state index contributed by atoms with van der Waals surface area (Å²) in [7, 11) is 0. The molecular weight excluding hydrogens is 242 g/mol. The number of nitrogens with two attached hydrogens (primary N) is 1. The van der Waals surface area contributed by atoms with Crippen molar-refractivity contribution in [2.75, 3.05) is 5.73 Å². The van der Waals surface area contributed by atoms with Gasteiger partial charge >= 0.3 is 0 Å². The summed E-state index contributed by atoms with van der Waals surface area (Å²) in [5.74, 6) is 0. The van der Waals surface area contributed by atoms with Crippen LogP contribution in [0.1, 0.15) is 49.4 Å². The lowest BCUT2D eigenvalue weighted by Gasteiger charge is -2.29. The van der Waals surface area contributed by atoms with Gasteiger partial charge in [-0.05, 0) is 47.1 Å². The van der Waals surface area contributed by atoms with Gasteiger partial charge < -0.3 is 5.73 Å². The molecule has 0 aliphatic heterocycles. The van der Waals surface area contributed by atoms with Crippen LogP contribution < -0.4 is 5.73 Å². The Balaban J connectivity index is 2.21. The number of aryl methyl sites for hydroxylation is 1. The largest absolute Gasteiger partial charge is 0.399 e. The number of anilines is 1. The normalized spacial score (nSPS) is 23.6. The minimum Gasteiger partial charge on any atom is -0.399 e. The van der Waals surface area contributed by atoms with E-state index in [1.807, 2.05) is 0 Å². The summed E-state index contributed by atoms with van der Waals surface area (Å²) in [4.78, 5) is 0. The quantitative estimate of drug-likeness (QED) is 0.751. The minimum absolute atomic E-state index is 0.0575. The second-order valence-electron chi connectivity index (χ2n) is 7.01. The van der Waals surface area contributed by atoms with Crippen molar-refractivity contribution < 1.29 is 0 Å². The summed E-state index contributed by atoms with van der Waals surface area (Å²) >= 11 is 0. The molecule has 0 amide bonds. The van der Waals surface area contributed by atoms with Gasteiger partial charge in [0, 0.05) is 11.1 Å². The number of rotatable bonds is 1. The SMILES string of the molecule is Cc1ccc(C2(C)CC(C)(C)c3ccccc32)cc1N. The van der Waals surface area contributed by atoms with Crippen molar-refractivity contribution >= 4 is 5.69 Å². The van der Waals surface area contributed by atoms with Crippen LogP contribution in [-0.2, 0) is 10.8 Å². The van der Waals surface area contributed by atoms with E-state index in [0.717, 1.165) is 17.7 Å². The van der Waals surface area contributed by atoms with Crippen molar-refractivity contribution in [1.82, 2.24) is 0 Å². The fraction of sp³-hybridized carbons (Fsp3) is 0.368. The van der Waals surface area contributed by atoms with Crippen LogP contribution in [0.3, 0.4) is 0 Å². The molecule has 0 aromatic heterocycles. The molecule has 0 fully saturated rings. The predicted molar refractivity (Wildman–Crippen MR) is 86.1 cm³/mol. The molecule has 0 radical (unpaired) electrons. The van der Waals surface area contributed by atoms with E-state index in [0.29, 0.717) is 0 Å². The molecule has 0 bridgehead atoms. The number of hydrogen-bond donors (Lipinski definition) is 1. The monoisotopic (exact) mass is 265 g/mol. The highest BCUT2D eigenvalue weighted by molar-refractivity contribution is 5.56. The van der Waals surface area contributed by atoms with Gasteiger partial charge in [0.1, 0.15) is 0 Å². The second-order valence-corrected chi connectivity index (χ2v) is 7.01. The zero-order chi connectivity index (χ0) is 14.5. The van der Waals surface area contributed by atoms with Crippen molar-refractivity contribution in [3.05, 3.63) is 64.7 Å². The zero-order valence-electron chi connectivity index (χ0n) is 12.8. The summed E-state index contributed by atoms with van der Waals surface area (Å²) in [6.07, 6.45) is 1.13. The topological polar surface area (TPSA) is 26.0 Å². The summed E-state index contributed by atoms with van der Waals surface area (Å²) in [5.41, 5.74) is 12.7. The van der Waals surface area contributed by atoms with E-state index < -0.39 is 0 Å². The Morgan fingerprint density at radius 1 is 0.950 bits per heavy atom. The fourth-order valence-electron chi connectivity index (χ4n) is 3.87. The molecule has 0 spiro atoms. The zero-order valence-corrected chi connectivity index (χ0v) is 12.8. The maximum absolute atomic E-state index is 6.13. The van der Waals surface area contributed by atoms with E-state index in [1.165, 1.54) is 16.7 Å². The van der Waals surface area contributed by atoms with E-state index in [-0.39, 0.29) is 10.8 Å². The van der Waals surface area contributed by atoms with Gasteiger partial charge in [-0.3, -0.25) is 0 Å². The van der Waals surface area contributed by atoms with Gasteiger partial charge in [-0.1, -0.05) is 57.2 Å². The van der Waals surface area contributed by atoms with Crippen molar-refractivity contribution in [2.45, 2.75) is 44.9 Å². The molecule has 1 aliphatic rings. The van der Waals surface area contributed by atoms with Crippen molar-refractivity contribution in [3.8, 4) is 0 Å². The minimum atomic E-state index is 0.0575. The number of hydrogen-bond acceptors (Lipinski definition) is 1. The van der Waals surface area contributed by atoms with Crippen molar-refractivity contribution in [2.24, 2.45) is 0 Å². The van der Waals surface area contributed by atoms with E-state index in [1.54, 1.807) is 0 Å². The number of fused-ring (bicyclic) bond motifs is 1. The third kappa shape index (κ3) is 1.76. The molecule has 20 heavy (non-hydrogen) atoms. The lowest BCUT2D eigenvalue weighted by molar-refractivity contribution is 0.425. The van der Waals surface area contributed by atoms with Gasteiger partial charge in [-0.2, -0.15) is 0 Å². The highest BCUT2D eigenvalue weighted by atomic mass is 14.6. The van der Waals surface area contributed by atoms with E-state index in [2.05, 4.69) is 70.2 Å². The van der Waals surface area contributed by atoms with E-state index in [9.17, 15) is 0 Å². The molecule has 1 unspecified atom stereocenters. The number of benzene rings is 2. The molecule has 3 rings (SSSR count). The van der Waals surface area contributed by atoms with Crippen LogP contribution in [0, 0.1) is 6.92 Å². The molecule has 0 heterocycles. The summed E-state index contributed by atoms with van der Waals surface area (Å²) in [6.45, 7) is 9.10. The Hall–Kier alpha value is -1.76. The molecule has 2 N–H and O–H groups in total. The van der Waals surface area contributed by atoms with Gasteiger partial charge in [0.25, 0.3) is 0 Å². The third-order valence-electron chi connectivity index (χ3n) is 4.96. The van der Waals surface area contributed by atoms with Crippen molar-refractivity contribution in [3.63, 3.8) is 0 Å². The lowest BCUT2D eigenvalue weighted by Crippen LogP contribution is -2.23. The first-order valence-electron chi connectivity index (χ1n) is 7.31. The van der Waals surface area contributed by atoms with Gasteiger partial charge in [0.2, 0.25) is 0 Å². The Morgan fingerprint density at radius 3 is 2.25 bits per heavy atom. The van der Waals surface area contributed by atoms with Gasteiger partial charge in [-0.15, -0.1) is 0 Å². The van der Waals surface area contributed by atoms with Gasteiger partial charge in [0.15, 0.2) is 0 Å². The smallest absolute Gasteiger partial charge is 0.0346 e. The maximum Gasteiger partial charge on any atom is 0.0346 e. The van der Waals surface area contributed by atoms with Crippen LogP contribution in [0.25, 0.3) is 0 Å². The van der Waals surface area contributed by atoms with Crippen LogP contribution in [-0.4, -0.2) is 0 Å².